The molecule has 0 aliphatic heterocycles. The Labute approximate surface area is 148 Å². The molecule has 1 atom stereocenters. The first-order valence-electron chi connectivity index (χ1n) is 8.59. The Kier molecular flexibility index (Phi) is 5.29. The van der Waals surface area contributed by atoms with Crippen molar-refractivity contribution in [3.8, 4) is 5.69 Å². The van der Waals surface area contributed by atoms with Crippen LogP contribution in [0.3, 0.4) is 0 Å². The van der Waals surface area contributed by atoms with E-state index in [-0.39, 0.29) is 11.9 Å². The van der Waals surface area contributed by atoms with Crippen LogP contribution in [0.2, 0.25) is 0 Å². The number of hydrogen-bond donors (Lipinski definition) is 1. The second kappa shape index (κ2) is 7.79. The Morgan fingerprint density at radius 2 is 1.80 bits per heavy atom. The van der Waals surface area contributed by atoms with Gasteiger partial charge in [0, 0.05) is 23.5 Å². The number of carbonyl (C=O) groups excluding carboxylic acids is 1. The highest BCUT2D eigenvalue weighted by molar-refractivity contribution is 5.94. The maximum atomic E-state index is 12.4. The Bertz CT molecular complexity index is 822. The van der Waals surface area contributed by atoms with Gasteiger partial charge in [0.1, 0.15) is 0 Å². The first-order valence-corrected chi connectivity index (χ1v) is 8.59. The molecule has 0 unspecified atom stereocenters. The largest absolute Gasteiger partial charge is 0.350 e. The predicted molar refractivity (Wildman–Crippen MR) is 100.0 cm³/mol. The summed E-state index contributed by atoms with van der Waals surface area (Å²) in [5.74, 6) is -0.0377. The molecule has 1 N–H and O–H groups in total. The van der Waals surface area contributed by atoms with E-state index in [0.29, 0.717) is 5.56 Å². The number of benzene rings is 2. The fourth-order valence-corrected chi connectivity index (χ4v) is 2.80. The van der Waals surface area contributed by atoms with Crippen molar-refractivity contribution >= 4 is 5.91 Å². The zero-order valence-corrected chi connectivity index (χ0v) is 14.6. The molecule has 0 aliphatic rings. The number of nitrogens with one attached hydrogen (secondary N) is 1. The van der Waals surface area contributed by atoms with Crippen LogP contribution >= 0.6 is 0 Å². The van der Waals surface area contributed by atoms with E-state index < -0.39 is 0 Å². The molecule has 128 valence electrons. The third-order valence-corrected chi connectivity index (χ3v) is 4.29. The zero-order chi connectivity index (χ0) is 17.6. The van der Waals surface area contributed by atoms with Crippen LogP contribution in [0, 0.1) is 6.92 Å². The SMILES string of the molecule is Cc1ccnn1-c1ccc(C(=O)N[C@@H](C)CCc2ccccc2)cc1. The molecule has 1 aromatic heterocycles. The fraction of sp³-hybridized carbons (Fsp3) is 0.238. The van der Waals surface area contributed by atoms with Crippen LogP contribution in [0.5, 0.6) is 0 Å². The zero-order valence-electron chi connectivity index (χ0n) is 14.6. The molecule has 0 bridgehead atoms. The number of aromatic nitrogens is 2. The lowest BCUT2D eigenvalue weighted by atomic mass is 10.1. The van der Waals surface area contributed by atoms with Crippen molar-refractivity contribution in [1.29, 1.82) is 0 Å². The highest BCUT2D eigenvalue weighted by Crippen LogP contribution is 2.12. The minimum atomic E-state index is -0.0377. The number of carbonyl (C=O) groups is 1. The molecule has 4 heteroatoms. The average Bonchev–Trinajstić information content (AvgIpc) is 3.07. The van der Waals surface area contributed by atoms with Gasteiger partial charge in [0.25, 0.3) is 5.91 Å². The lowest BCUT2D eigenvalue weighted by molar-refractivity contribution is 0.0938. The summed E-state index contributed by atoms with van der Waals surface area (Å²) in [6, 6.07) is 19.9. The Morgan fingerprint density at radius 1 is 1.08 bits per heavy atom. The van der Waals surface area contributed by atoms with Crippen LogP contribution in [0.4, 0.5) is 0 Å². The predicted octanol–water partition coefficient (Wildman–Crippen LogP) is 3.93. The summed E-state index contributed by atoms with van der Waals surface area (Å²) in [6.45, 7) is 4.05. The summed E-state index contributed by atoms with van der Waals surface area (Å²) in [5, 5.41) is 7.35. The first-order chi connectivity index (χ1) is 12.1. The molecule has 25 heavy (non-hydrogen) atoms. The van der Waals surface area contributed by atoms with Crippen molar-refractivity contribution in [2.24, 2.45) is 0 Å². The van der Waals surface area contributed by atoms with Gasteiger partial charge in [-0.2, -0.15) is 5.10 Å². The van der Waals surface area contributed by atoms with Gasteiger partial charge in [-0.15, -0.1) is 0 Å². The molecule has 0 saturated carbocycles. The number of nitrogens with zero attached hydrogens (tertiary/aromatic N) is 2. The standard InChI is InChI=1S/C21H23N3O/c1-16(8-9-18-6-4-3-5-7-18)23-21(25)19-10-12-20(13-11-19)24-17(2)14-15-22-24/h3-7,10-16H,8-9H2,1-2H3,(H,23,25)/t16-/m0/s1. The van der Waals surface area contributed by atoms with Gasteiger partial charge < -0.3 is 5.32 Å². The molecule has 0 radical (unpaired) electrons. The third kappa shape index (κ3) is 4.35. The van der Waals surface area contributed by atoms with Crippen molar-refractivity contribution in [2.45, 2.75) is 32.7 Å². The molecule has 3 aromatic rings. The molecule has 1 amide bonds. The van der Waals surface area contributed by atoms with Gasteiger partial charge in [-0.3, -0.25) is 4.79 Å². The molecule has 0 aliphatic carbocycles. The van der Waals surface area contributed by atoms with E-state index in [9.17, 15) is 4.79 Å². The van der Waals surface area contributed by atoms with Crippen molar-refractivity contribution in [2.75, 3.05) is 0 Å². The monoisotopic (exact) mass is 333 g/mol. The summed E-state index contributed by atoms with van der Waals surface area (Å²) in [5.41, 5.74) is 3.98. The molecule has 0 spiro atoms. The van der Waals surface area contributed by atoms with Crippen LogP contribution in [0.1, 0.15) is 35.0 Å². The molecule has 0 fully saturated rings. The second-order valence-corrected chi connectivity index (χ2v) is 6.33. The Morgan fingerprint density at radius 3 is 2.44 bits per heavy atom. The number of rotatable bonds is 6. The van der Waals surface area contributed by atoms with Crippen LogP contribution in [-0.2, 0) is 6.42 Å². The smallest absolute Gasteiger partial charge is 0.251 e. The van der Waals surface area contributed by atoms with E-state index >= 15 is 0 Å². The van der Waals surface area contributed by atoms with Crippen LogP contribution in [0.25, 0.3) is 5.69 Å². The minimum Gasteiger partial charge on any atom is -0.350 e. The summed E-state index contributed by atoms with van der Waals surface area (Å²) in [7, 11) is 0. The molecule has 0 saturated heterocycles. The lowest BCUT2D eigenvalue weighted by Gasteiger charge is -2.14. The van der Waals surface area contributed by atoms with Gasteiger partial charge in [-0.1, -0.05) is 30.3 Å². The van der Waals surface area contributed by atoms with Crippen LogP contribution in [-0.4, -0.2) is 21.7 Å². The number of hydrogen-bond acceptors (Lipinski definition) is 2. The van der Waals surface area contributed by atoms with Gasteiger partial charge in [-0.05, 0) is 62.6 Å². The average molecular weight is 333 g/mol. The molecule has 1 heterocycles. The molecule has 3 rings (SSSR count). The topological polar surface area (TPSA) is 46.9 Å². The highest BCUT2D eigenvalue weighted by Gasteiger charge is 2.10. The highest BCUT2D eigenvalue weighted by atomic mass is 16.1. The third-order valence-electron chi connectivity index (χ3n) is 4.29. The first kappa shape index (κ1) is 17.0. The minimum absolute atomic E-state index is 0.0377. The maximum absolute atomic E-state index is 12.4. The molecule has 4 nitrogen and oxygen atoms in total. The van der Waals surface area contributed by atoms with Crippen LogP contribution in [0.15, 0.2) is 66.9 Å². The van der Waals surface area contributed by atoms with Crippen LogP contribution < -0.4 is 5.32 Å². The summed E-state index contributed by atoms with van der Waals surface area (Å²) >= 11 is 0. The van der Waals surface area contributed by atoms with E-state index in [1.807, 2.05) is 67.1 Å². The number of aryl methyl sites for hydroxylation is 2. The van der Waals surface area contributed by atoms with Crippen molar-refractivity contribution in [1.82, 2.24) is 15.1 Å². The van der Waals surface area contributed by atoms with Crippen molar-refractivity contribution < 1.29 is 4.79 Å². The van der Waals surface area contributed by atoms with Gasteiger partial charge in [0.2, 0.25) is 0 Å². The molecular formula is C21H23N3O. The van der Waals surface area contributed by atoms with E-state index in [2.05, 4.69) is 22.5 Å². The molecular weight excluding hydrogens is 310 g/mol. The van der Waals surface area contributed by atoms with Crippen molar-refractivity contribution in [3.05, 3.63) is 83.7 Å². The summed E-state index contributed by atoms with van der Waals surface area (Å²) in [6.07, 6.45) is 3.64. The van der Waals surface area contributed by atoms with E-state index in [0.717, 1.165) is 24.2 Å². The van der Waals surface area contributed by atoms with E-state index in [1.54, 1.807) is 6.20 Å². The van der Waals surface area contributed by atoms with Gasteiger partial charge in [-0.25, -0.2) is 4.68 Å². The van der Waals surface area contributed by atoms with Gasteiger partial charge in [0.15, 0.2) is 0 Å². The second-order valence-electron chi connectivity index (χ2n) is 6.33. The fourth-order valence-electron chi connectivity index (χ4n) is 2.80. The maximum Gasteiger partial charge on any atom is 0.251 e. The normalized spacial score (nSPS) is 11.9. The lowest BCUT2D eigenvalue weighted by Crippen LogP contribution is -2.32. The van der Waals surface area contributed by atoms with E-state index in [1.165, 1.54) is 5.56 Å². The Hall–Kier alpha value is -2.88. The quantitative estimate of drug-likeness (QED) is 0.743. The van der Waals surface area contributed by atoms with E-state index in [4.69, 9.17) is 0 Å². The number of amides is 1. The summed E-state index contributed by atoms with van der Waals surface area (Å²) in [4.78, 5) is 12.4. The van der Waals surface area contributed by atoms with Gasteiger partial charge in [0.05, 0.1) is 5.69 Å². The van der Waals surface area contributed by atoms with Crippen molar-refractivity contribution in [3.63, 3.8) is 0 Å². The molecule has 2 aromatic carbocycles. The Balaban J connectivity index is 1.56. The van der Waals surface area contributed by atoms with Gasteiger partial charge >= 0.3 is 0 Å². The summed E-state index contributed by atoms with van der Waals surface area (Å²) < 4.78 is 1.85.